The van der Waals surface area contributed by atoms with E-state index in [0.717, 1.165) is 41.7 Å². The van der Waals surface area contributed by atoms with Crippen LogP contribution in [0.3, 0.4) is 0 Å². The van der Waals surface area contributed by atoms with Gasteiger partial charge in [0.25, 0.3) is 5.91 Å². The first kappa shape index (κ1) is 20.5. The number of aliphatic hydroxyl groups is 1. The first-order valence-electron chi connectivity index (χ1n) is 10.4. The second kappa shape index (κ2) is 7.84. The number of ether oxygens (including phenoxy) is 3. The van der Waals surface area contributed by atoms with Crippen LogP contribution in [0.2, 0.25) is 0 Å². The Bertz CT molecular complexity index is 955. The van der Waals surface area contributed by atoms with Gasteiger partial charge in [-0.3, -0.25) is 4.79 Å². The smallest absolute Gasteiger partial charge is 0.258 e. The topological polar surface area (TPSA) is 77.0 Å². The number of benzene rings is 2. The lowest BCUT2D eigenvalue weighted by Gasteiger charge is -2.34. The van der Waals surface area contributed by atoms with Crippen LogP contribution in [0, 0.1) is 0 Å². The molecule has 0 spiro atoms. The summed E-state index contributed by atoms with van der Waals surface area (Å²) in [6.07, 6.45) is 3.15. The Morgan fingerprint density at radius 3 is 2.87 bits per heavy atom. The molecule has 2 aromatic carbocycles. The second-order valence-corrected chi connectivity index (χ2v) is 8.76. The number of rotatable bonds is 6. The summed E-state index contributed by atoms with van der Waals surface area (Å²) in [5.41, 5.74) is 1.64. The van der Waals surface area contributed by atoms with E-state index in [1.54, 1.807) is 7.11 Å². The molecule has 1 aliphatic heterocycles. The number of amides is 1. The molecule has 30 heavy (non-hydrogen) atoms. The minimum absolute atomic E-state index is 0.133. The Kier molecular flexibility index (Phi) is 5.36. The molecule has 0 unspecified atom stereocenters. The van der Waals surface area contributed by atoms with Gasteiger partial charge in [-0.05, 0) is 62.4 Å². The monoisotopic (exact) mass is 411 g/mol. The van der Waals surface area contributed by atoms with Gasteiger partial charge >= 0.3 is 0 Å². The summed E-state index contributed by atoms with van der Waals surface area (Å²) in [7, 11) is 1.63. The van der Waals surface area contributed by atoms with Crippen LogP contribution in [-0.2, 0) is 23.2 Å². The van der Waals surface area contributed by atoms with Crippen LogP contribution < -0.4 is 19.5 Å². The largest absolute Gasteiger partial charge is 0.497 e. The number of aryl methyl sites for hydroxylation is 1. The molecule has 0 radical (unpaired) electrons. The van der Waals surface area contributed by atoms with E-state index in [-0.39, 0.29) is 24.7 Å². The van der Waals surface area contributed by atoms with Gasteiger partial charge in [0.05, 0.1) is 13.7 Å². The highest BCUT2D eigenvalue weighted by Crippen LogP contribution is 2.41. The summed E-state index contributed by atoms with van der Waals surface area (Å²) in [6.45, 7) is 4.07. The molecule has 0 fully saturated rings. The number of nitrogens with one attached hydrogen (secondary N) is 1. The molecule has 1 heterocycles. The molecule has 6 nitrogen and oxygen atoms in total. The van der Waals surface area contributed by atoms with Crippen LogP contribution in [0.5, 0.6) is 17.2 Å². The highest BCUT2D eigenvalue weighted by atomic mass is 16.5. The molecule has 0 saturated heterocycles. The number of carbonyl (C=O) groups excluding carboxylic acids is 1. The average Bonchev–Trinajstić information content (AvgIpc) is 3.05. The minimum atomic E-state index is -1.09. The van der Waals surface area contributed by atoms with E-state index in [2.05, 4.69) is 5.32 Å². The van der Waals surface area contributed by atoms with Gasteiger partial charge in [-0.25, -0.2) is 0 Å². The molecular weight excluding hydrogens is 382 g/mol. The SMILES string of the molecule is COc1ccc2c(c1)CCC[C@]2(O)CNC(=O)COc1cccc2c1OC(C)(C)C2. The van der Waals surface area contributed by atoms with E-state index >= 15 is 0 Å². The van der Waals surface area contributed by atoms with Crippen LogP contribution in [0.25, 0.3) is 0 Å². The molecular formula is C24H29NO5. The molecule has 1 aliphatic carbocycles. The van der Waals surface area contributed by atoms with Crippen molar-refractivity contribution in [1.29, 1.82) is 0 Å². The maximum Gasteiger partial charge on any atom is 0.258 e. The number of carbonyl (C=O) groups is 1. The third-order valence-corrected chi connectivity index (χ3v) is 5.84. The molecule has 2 N–H and O–H groups in total. The Labute approximate surface area is 177 Å². The van der Waals surface area contributed by atoms with Gasteiger partial charge in [-0.1, -0.05) is 18.2 Å². The highest BCUT2D eigenvalue weighted by Gasteiger charge is 2.35. The van der Waals surface area contributed by atoms with Crippen molar-refractivity contribution in [2.45, 2.75) is 50.7 Å². The van der Waals surface area contributed by atoms with Crippen LogP contribution >= 0.6 is 0 Å². The van der Waals surface area contributed by atoms with Crippen molar-refractivity contribution in [3.63, 3.8) is 0 Å². The number of hydrogen-bond acceptors (Lipinski definition) is 5. The molecule has 1 amide bonds. The van der Waals surface area contributed by atoms with Crippen molar-refractivity contribution in [1.82, 2.24) is 5.32 Å². The standard InChI is InChI=1S/C24H29NO5/c1-23(2)13-17-6-4-8-20(22(17)30-23)29-14-21(26)25-15-24(27)11-5-7-16-12-18(28-3)9-10-19(16)24/h4,6,8-10,12,27H,5,7,11,13-15H2,1-3H3,(H,25,26)/t24-/m0/s1. The van der Waals surface area contributed by atoms with Crippen LogP contribution in [-0.4, -0.2) is 36.9 Å². The third kappa shape index (κ3) is 4.10. The van der Waals surface area contributed by atoms with Crippen LogP contribution in [0.15, 0.2) is 36.4 Å². The van der Waals surface area contributed by atoms with Gasteiger partial charge in [0.2, 0.25) is 0 Å². The number of methoxy groups -OCH3 is 1. The Morgan fingerprint density at radius 1 is 1.23 bits per heavy atom. The number of para-hydroxylation sites is 1. The van der Waals surface area contributed by atoms with Gasteiger partial charge in [0, 0.05) is 12.0 Å². The molecule has 0 saturated carbocycles. The van der Waals surface area contributed by atoms with E-state index in [1.807, 2.05) is 50.2 Å². The van der Waals surface area contributed by atoms with E-state index in [1.165, 1.54) is 0 Å². The lowest BCUT2D eigenvalue weighted by atomic mass is 9.79. The number of fused-ring (bicyclic) bond motifs is 2. The lowest BCUT2D eigenvalue weighted by Crippen LogP contribution is -2.44. The Hall–Kier alpha value is -2.73. The van der Waals surface area contributed by atoms with Gasteiger partial charge in [0.15, 0.2) is 18.1 Å². The summed E-state index contributed by atoms with van der Waals surface area (Å²) in [5, 5.41) is 14.0. The fourth-order valence-corrected chi connectivity index (χ4v) is 4.39. The van der Waals surface area contributed by atoms with Crippen molar-refractivity contribution in [3.05, 3.63) is 53.1 Å². The zero-order valence-corrected chi connectivity index (χ0v) is 17.8. The number of hydrogen-bond donors (Lipinski definition) is 2. The highest BCUT2D eigenvalue weighted by molar-refractivity contribution is 5.77. The fraction of sp³-hybridized carbons (Fsp3) is 0.458. The molecule has 1 atom stereocenters. The van der Waals surface area contributed by atoms with Crippen molar-refractivity contribution < 1.29 is 24.1 Å². The molecule has 2 aromatic rings. The molecule has 2 aliphatic rings. The van der Waals surface area contributed by atoms with E-state index in [0.29, 0.717) is 17.9 Å². The van der Waals surface area contributed by atoms with Gasteiger partial charge in [-0.2, -0.15) is 0 Å². The summed E-state index contributed by atoms with van der Waals surface area (Å²) in [4.78, 5) is 12.4. The minimum Gasteiger partial charge on any atom is -0.497 e. The third-order valence-electron chi connectivity index (χ3n) is 5.84. The predicted molar refractivity (Wildman–Crippen MR) is 113 cm³/mol. The summed E-state index contributed by atoms with van der Waals surface area (Å²) in [5.74, 6) is 1.78. The zero-order chi connectivity index (χ0) is 21.4. The molecule has 160 valence electrons. The molecule has 0 aromatic heterocycles. The van der Waals surface area contributed by atoms with E-state index in [9.17, 15) is 9.90 Å². The maximum atomic E-state index is 12.4. The van der Waals surface area contributed by atoms with Gasteiger partial charge in [0.1, 0.15) is 17.0 Å². The van der Waals surface area contributed by atoms with Crippen molar-refractivity contribution in [2.24, 2.45) is 0 Å². The van der Waals surface area contributed by atoms with E-state index in [4.69, 9.17) is 14.2 Å². The molecule has 6 heteroatoms. The zero-order valence-electron chi connectivity index (χ0n) is 17.8. The van der Waals surface area contributed by atoms with E-state index < -0.39 is 5.60 Å². The lowest BCUT2D eigenvalue weighted by molar-refractivity contribution is -0.124. The summed E-state index contributed by atoms with van der Waals surface area (Å²) < 4.78 is 17.0. The van der Waals surface area contributed by atoms with Crippen LogP contribution in [0.1, 0.15) is 43.4 Å². The fourth-order valence-electron chi connectivity index (χ4n) is 4.39. The van der Waals surface area contributed by atoms with Gasteiger partial charge in [-0.15, -0.1) is 0 Å². The molecule has 0 bridgehead atoms. The summed E-state index contributed by atoms with van der Waals surface area (Å²) >= 11 is 0. The van der Waals surface area contributed by atoms with Crippen molar-refractivity contribution in [3.8, 4) is 17.2 Å². The predicted octanol–water partition coefficient (Wildman–Crippen LogP) is 3.13. The maximum absolute atomic E-state index is 12.4. The average molecular weight is 411 g/mol. The van der Waals surface area contributed by atoms with Gasteiger partial charge < -0.3 is 24.6 Å². The second-order valence-electron chi connectivity index (χ2n) is 8.76. The first-order chi connectivity index (χ1) is 14.3. The Balaban J connectivity index is 1.37. The first-order valence-corrected chi connectivity index (χ1v) is 10.4. The quantitative estimate of drug-likeness (QED) is 0.764. The Morgan fingerprint density at radius 2 is 2.07 bits per heavy atom. The summed E-state index contributed by atoms with van der Waals surface area (Å²) in [6, 6.07) is 11.4. The van der Waals surface area contributed by atoms with Crippen LogP contribution in [0.4, 0.5) is 0 Å². The molecule has 4 rings (SSSR count). The normalized spacial score (nSPS) is 21.2. The van der Waals surface area contributed by atoms with Crippen molar-refractivity contribution in [2.75, 3.05) is 20.3 Å². The van der Waals surface area contributed by atoms with Crippen molar-refractivity contribution >= 4 is 5.91 Å².